The molecule has 0 aliphatic heterocycles. The maximum atomic E-state index is 6.37. The Kier molecular flexibility index (Phi) is 6.49. The number of hydrogen-bond donors (Lipinski definition) is 1. The second-order valence-corrected chi connectivity index (χ2v) is 5.81. The topological polar surface area (TPSA) is 32.5 Å². The van der Waals surface area contributed by atoms with Gasteiger partial charge in [0, 0.05) is 12.1 Å². The highest BCUT2D eigenvalue weighted by Crippen LogP contribution is 2.18. The fraction of sp³-hybridized carbons (Fsp3) is 0.625. The van der Waals surface area contributed by atoms with Crippen LogP contribution in [-0.2, 0) is 0 Å². The van der Waals surface area contributed by atoms with E-state index < -0.39 is 0 Å². The summed E-state index contributed by atoms with van der Waals surface area (Å²) in [7, 11) is 6.39. The second-order valence-electron chi connectivity index (χ2n) is 5.81. The molecule has 1 rings (SSSR count). The second kappa shape index (κ2) is 7.63. The molecule has 0 fully saturated rings. The van der Waals surface area contributed by atoms with Crippen molar-refractivity contribution < 1.29 is 0 Å². The highest BCUT2D eigenvalue weighted by Gasteiger charge is 2.18. The summed E-state index contributed by atoms with van der Waals surface area (Å²) in [5.41, 5.74) is 8.87. The van der Waals surface area contributed by atoms with Crippen LogP contribution in [0.15, 0.2) is 24.3 Å². The van der Waals surface area contributed by atoms with Crippen LogP contribution in [0.4, 0.5) is 0 Å². The number of aryl methyl sites for hydroxylation is 1. The summed E-state index contributed by atoms with van der Waals surface area (Å²) in [6.07, 6.45) is 1.18. The molecule has 2 unspecified atom stereocenters. The van der Waals surface area contributed by atoms with Gasteiger partial charge in [-0.05, 0) is 60.1 Å². The monoisotopic (exact) mass is 263 g/mol. The molecule has 108 valence electrons. The molecule has 2 N–H and O–H groups in total. The van der Waals surface area contributed by atoms with Crippen LogP contribution in [0.3, 0.4) is 0 Å². The maximum Gasteiger partial charge on any atom is 0.0450 e. The van der Waals surface area contributed by atoms with Gasteiger partial charge in [0.1, 0.15) is 0 Å². The van der Waals surface area contributed by atoms with Crippen molar-refractivity contribution in [3.63, 3.8) is 0 Å². The Hall–Kier alpha value is -0.900. The molecular weight excluding hydrogens is 234 g/mol. The number of nitrogens with zero attached hydrogens (tertiary/aromatic N) is 2. The summed E-state index contributed by atoms with van der Waals surface area (Å²) in [5, 5.41) is 0. The van der Waals surface area contributed by atoms with Crippen molar-refractivity contribution in [3.8, 4) is 0 Å². The lowest BCUT2D eigenvalue weighted by Gasteiger charge is -2.30. The Morgan fingerprint density at radius 3 is 2.16 bits per heavy atom. The first-order valence-electron chi connectivity index (χ1n) is 7.09. The first-order chi connectivity index (χ1) is 8.91. The molecule has 0 spiro atoms. The maximum absolute atomic E-state index is 6.37. The van der Waals surface area contributed by atoms with Crippen molar-refractivity contribution >= 4 is 0 Å². The van der Waals surface area contributed by atoms with Crippen molar-refractivity contribution in [2.45, 2.75) is 32.4 Å². The average Bonchev–Trinajstić information content (AvgIpc) is 2.37. The molecule has 0 saturated heterocycles. The average molecular weight is 263 g/mol. The molecule has 3 heteroatoms. The van der Waals surface area contributed by atoms with Crippen LogP contribution in [0.25, 0.3) is 0 Å². The van der Waals surface area contributed by atoms with Gasteiger partial charge >= 0.3 is 0 Å². The Morgan fingerprint density at radius 2 is 1.63 bits per heavy atom. The summed E-state index contributed by atoms with van der Waals surface area (Å²) in [6, 6.07) is 8.98. The van der Waals surface area contributed by atoms with Gasteiger partial charge in [-0.2, -0.15) is 0 Å². The minimum absolute atomic E-state index is 0.0740. The number of likely N-dealkylation sites (N-methyl/N-ethyl adjacent to an activating group) is 1. The van der Waals surface area contributed by atoms with Gasteiger partial charge in [-0.25, -0.2) is 0 Å². The van der Waals surface area contributed by atoms with Gasteiger partial charge in [-0.1, -0.05) is 29.8 Å². The molecule has 0 saturated carbocycles. The summed E-state index contributed by atoms with van der Waals surface area (Å²) < 4.78 is 0. The summed E-state index contributed by atoms with van der Waals surface area (Å²) >= 11 is 0. The highest BCUT2D eigenvalue weighted by atomic mass is 15.1. The van der Waals surface area contributed by atoms with Crippen LogP contribution in [-0.4, -0.2) is 50.1 Å². The molecule has 0 aromatic heterocycles. The highest BCUT2D eigenvalue weighted by molar-refractivity contribution is 5.24. The lowest BCUT2D eigenvalue weighted by molar-refractivity contribution is 0.215. The first kappa shape index (κ1) is 16.2. The van der Waals surface area contributed by atoms with Crippen LogP contribution in [0.2, 0.25) is 0 Å². The van der Waals surface area contributed by atoms with Crippen LogP contribution in [0.5, 0.6) is 0 Å². The molecular formula is C16H29N3. The Labute approximate surface area is 118 Å². The minimum atomic E-state index is 0.0740. The van der Waals surface area contributed by atoms with Crippen molar-refractivity contribution in [2.75, 3.05) is 34.2 Å². The van der Waals surface area contributed by atoms with Crippen LogP contribution < -0.4 is 5.73 Å². The van der Waals surface area contributed by atoms with Gasteiger partial charge < -0.3 is 15.5 Å². The smallest absolute Gasteiger partial charge is 0.0450 e. The fourth-order valence-corrected chi connectivity index (χ4v) is 2.18. The quantitative estimate of drug-likeness (QED) is 0.819. The van der Waals surface area contributed by atoms with E-state index in [0.717, 1.165) is 13.1 Å². The van der Waals surface area contributed by atoms with Gasteiger partial charge in [0.25, 0.3) is 0 Å². The Morgan fingerprint density at radius 1 is 1.05 bits per heavy atom. The predicted molar refractivity (Wildman–Crippen MR) is 83.4 cm³/mol. The Balaban J connectivity index is 2.51. The number of nitrogens with two attached hydrogens (primary N) is 1. The van der Waals surface area contributed by atoms with Gasteiger partial charge in [-0.15, -0.1) is 0 Å². The third-order valence-corrected chi connectivity index (χ3v) is 3.79. The Bertz CT molecular complexity index is 359. The molecule has 0 heterocycles. The van der Waals surface area contributed by atoms with Gasteiger partial charge in [0.05, 0.1) is 0 Å². The van der Waals surface area contributed by atoms with E-state index in [0.29, 0.717) is 6.04 Å². The van der Waals surface area contributed by atoms with Crippen LogP contribution >= 0.6 is 0 Å². The minimum Gasteiger partial charge on any atom is -0.323 e. The van der Waals surface area contributed by atoms with Crippen molar-refractivity contribution in [1.82, 2.24) is 9.80 Å². The van der Waals surface area contributed by atoms with E-state index in [4.69, 9.17) is 5.73 Å². The van der Waals surface area contributed by atoms with E-state index in [9.17, 15) is 0 Å². The molecule has 19 heavy (non-hydrogen) atoms. The lowest BCUT2D eigenvalue weighted by Crippen LogP contribution is -2.39. The standard InChI is InChI=1S/C16H29N3/c1-13-7-9-15(10-8-13)16(17)14(2)19(5)12-6-11-18(3)4/h7-10,14,16H,6,11-12,17H2,1-5H3. The van der Waals surface area contributed by atoms with E-state index in [-0.39, 0.29) is 6.04 Å². The number of benzene rings is 1. The lowest BCUT2D eigenvalue weighted by atomic mass is 9.99. The van der Waals surface area contributed by atoms with E-state index in [2.05, 4.69) is 69.1 Å². The molecule has 0 radical (unpaired) electrons. The summed E-state index contributed by atoms with van der Waals surface area (Å²) in [6.45, 7) is 6.52. The summed E-state index contributed by atoms with van der Waals surface area (Å²) in [5.74, 6) is 0. The zero-order valence-electron chi connectivity index (χ0n) is 13.1. The molecule has 0 aliphatic rings. The summed E-state index contributed by atoms with van der Waals surface area (Å²) in [4.78, 5) is 4.58. The largest absolute Gasteiger partial charge is 0.323 e. The molecule has 3 nitrogen and oxygen atoms in total. The number of hydrogen-bond acceptors (Lipinski definition) is 3. The van der Waals surface area contributed by atoms with E-state index >= 15 is 0 Å². The molecule has 2 atom stereocenters. The van der Waals surface area contributed by atoms with Crippen molar-refractivity contribution in [2.24, 2.45) is 5.73 Å². The van der Waals surface area contributed by atoms with Crippen LogP contribution in [0.1, 0.15) is 30.5 Å². The molecule has 0 amide bonds. The van der Waals surface area contributed by atoms with E-state index in [1.54, 1.807) is 0 Å². The zero-order valence-corrected chi connectivity index (χ0v) is 13.1. The molecule has 0 bridgehead atoms. The van der Waals surface area contributed by atoms with E-state index in [1.807, 2.05) is 0 Å². The first-order valence-corrected chi connectivity index (χ1v) is 7.09. The van der Waals surface area contributed by atoms with Crippen LogP contribution in [0, 0.1) is 6.92 Å². The van der Waals surface area contributed by atoms with Crippen molar-refractivity contribution in [1.29, 1.82) is 0 Å². The van der Waals surface area contributed by atoms with E-state index in [1.165, 1.54) is 17.5 Å². The third-order valence-electron chi connectivity index (χ3n) is 3.79. The van der Waals surface area contributed by atoms with Gasteiger partial charge in [-0.3, -0.25) is 0 Å². The molecule has 1 aromatic rings. The molecule has 1 aromatic carbocycles. The van der Waals surface area contributed by atoms with Gasteiger partial charge in [0.2, 0.25) is 0 Å². The SMILES string of the molecule is Cc1ccc(C(N)C(C)N(C)CCCN(C)C)cc1. The fourth-order valence-electron chi connectivity index (χ4n) is 2.18. The normalized spacial score (nSPS) is 14.9. The number of rotatable bonds is 7. The van der Waals surface area contributed by atoms with Gasteiger partial charge in [0.15, 0.2) is 0 Å². The molecule has 0 aliphatic carbocycles. The third kappa shape index (κ3) is 5.31. The zero-order chi connectivity index (χ0) is 14.4. The van der Waals surface area contributed by atoms with Crippen molar-refractivity contribution in [3.05, 3.63) is 35.4 Å². The predicted octanol–water partition coefficient (Wildman–Crippen LogP) is 2.27.